The number of piperidine rings is 1. The molecule has 4 rings (SSSR count). The van der Waals surface area contributed by atoms with Crippen LogP contribution in [0, 0.1) is 0 Å². The highest BCUT2D eigenvalue weighted by molar-refractivity contribution is 7.98. The third-order valence-corrected chi connectivity index (χ3v) is 7.41. The number of fused-ring (bicyclic) bond motifs is 1. The number of hydrogen-bond acceptors (Lipinski definition) is 6. The standard InChI is InChI=1S/C21H22ClN3O3S2/c1-2-28-21(27)24-10-7-15(8-11-24)25-19(26)18-17(9-12-29-18)23-20(25)30-13-14-5-3-4-6-16(14)22/h3-6,9,12,15H,2,7-8,10-11,13H2,1H3. The molecule has 158 valence electrons. The topological polar surface area (TPSA) is 64.4 Å². The van der Waals surface area contributed by atoms with E-state index in [0.717, 1.165) is 11.1 Å². The fraction of sp³-hybridized carbons (Fsp3) is 0.381. The summed E-state index contributed by atoms with van der Waals surface area (Å²) in [5, 5.41) is 3.30. The first-order chi connectivity index (χ1) is 14.6. The van der Waals surface area contributed by atoms with Crippen LogP contribution in [0.15, 0.2) is 45.7 Å². The zero-order valence-corrected chi connectivity index (χ0v) is 18.9. The zero-order valence-electron chi connectivity index (χ0n) is 16.5. The molecule has 0 unspecified atom stereocenters. The number of ether oxygens (including phenoxy) is 1. The van der Waals surface area contributed by atoms with Crippen molar-refractivity contribution in [2.45, 2.75) is 36.7 Å². The Morgan fingerprint density at radius 2 is 2.07 bits per heavy atom. The van der Waals surface area contributed by atoms with E-state index in [4.69, 9.17) is 21.3 Å². The molecule has 30 heavy (non-hydrogen) atoms. The lowest BCUT2D eigenvalue weighted by Crippen LogP contribution is -2.41. The van der Waals surface area contributed by atoms with E-state index in [1.165, 1.54) is 23.1 Å². The maximum absolute atomic E-state index is 13.3. The summed E-state index contributed by atoms with van der Waals surface area (Å²) in [6.07, 6.45) is 1.09. The van der Waals surface area contributed by atoms with Gasteiger partial charge < -0.3 is 9.64 Å². The molecule has 0 bridgehead atoms. The molecule has 1 amide bonds. The normalized spacial score (nSPS) is 14.9. The Morgan fingerprint density at radius 1 is 1.30 bits per heavy atom. The van der Waals surface area contributed by atoms with Gasteiger partial charge in [-0.25, -0.2) is 9.78 Å². The van der Waals surface area contributed by atoms with E-state index in [1.807, 2.05) is 40.3 Å². The summed E-state index contributed by atoms with van der Waals surface area (Å²) < 4.78 is 7.60. The van der Waals surface area contributed by atoms with E-state index in [9.17, 15) is 9.59 Å². The molecule has 1 fully saturated rings. The van der Waals surface area contributed by atoms with Crippen molar-refractivity contribution in [3.05, 3.63) is 56.7 Å². The monoisotopic (exact) mass is 463 g/mol. The maximum Gasteiger partial charge on any atom is 0.409 e. The number of carbonyl (C=O) groups is 1. The summed E-state index contributed by atoms with van der Waals surface area (Å²) in [5.41, 5.74) is 1.73. The number of halogens is 1. The van der Waals surface area contributed by atoms with Crippen LogP contribution in [0.1, 0.15) is 31.4 Å². The Bertz CT molecular complexity index is 1110. The van der Waals surface area contributed by atoms with Crippen LogP contribution < -0.4 is 5.56 Å². The van der Waals surface area contributed by atoms with E-state index in [0.29, 0.717) is 53.2 Å². The summed E-state index contributed by atoms with van der Waals surface area (Å²) in [6, 6.07) is 9.59. The van der Waals surface area contributed by atoms with E-state index in [-0.39, 0.29) is 17.7 Å². The lowest BCUT2D eigenvalue weighted by atomic mass is 10.1. The Labute approximate surface area is 187 Å². The number of carbonyl (C=O) groups excluding carboxylic acids is 1. The Hall–Kier alpha value is -2.03. The number of nitrogens with zero attached hydrogens (tertiary/aromatic N) is 3. The van der Waals surface area contributed by atoms with Gasteiger partial charge in [0.05, 0.1) is 12.1 Å². The number of amides is 1. The van der Waals surface area contributed by atoms with Gasteiger partial charge in [-0.15, -0.1) is 11.3 Å². The molecule has 0 aliphatic carbocycles. The lowest BCUT2D eigenvalue weighted by Gasteiger charge is -2.32. The van der Waals surface area contributed by atoms with Gasteiger partial charge in [-0.3, -0.25) is 9.36 Å². The van der Waals surface area contributed by atoms with Crippen LogP contribution >= 0.6 is 34.7 Å². The van der Waals surface area contributed by atoms with Gasteiger partial charge in [-0.1, -0.05) is 41.6 Å². The van der Waals surface area contributed by atoms with Crippen LogP contribution in [0.2, 0.25) is 5.02 Å². The third-order valence-electron chi connectivity index (χ3n) is 5.15. The van der Waals surface area contributed by atoms with Gasteiger partial charge in [-0.05, 0) is 42.8 Å². The summed E-state index contributed by atoms with van der Waals surface area (Å²) >= 11 is 9.25. The van der Waals surface area contributed by atoms with Crippen LogP contribution in [0.25, 0.3) is 10.2 Å². The van der Waals surface area contributed by atoms with E-state index >= 15 is 0 Å². The van der Waals surface area contributed by atoms with Crippen molar-refractivity contribution in [3.8, 4) is 0 Å². The Kier molecular flexibility index (Phi) is 6.65. The molecule has 0 spiro atoms. The molecule has 2 aromatic heterocycles. The Balaban J connectivity index is 1.61. The second-order valence-electron chi connectivity index (χ2n) is 7.00. The second kappa shape index (κ2) is 9.41. The molecular formula is C21H22ClN3O3S2. The number of thioether (sulfide) groups is 1. The molecule has 0 atom stereocenters. The summed E-state index contributed by atoms with van der Waals surface area (Å²) in [7, 11) is 0. The van der Waals surface area contributed by atoms with Gasteiger partial charge >= 0.3 is 6.09 Å². The van der Waals surface area contributed by atoms with Gasteiger partial charge in [-0.2, -0.15) is 0 Å². The fourth-order valence-corrected chi connectivity index (χ4v) is 5.73. The Morgan fingerprint density at radius 3 is 2.80 bits per heavy atom. The molecule has 9 heteroatoms. The molecule has 1 aliphatic rings. The summed E-state index contributed by atoms with van der Waals surface area (Å²) in [5.74, 6) is 0.628. The van der Waals surface area contributed by atoms with Crippen LogP contribution in [0.3, 0.4) is 0 Å². The van der Waals surface area contributed by atoms with Crippen molar-refractivity contribution < 1.29 is 9.53 Å². The predicted molar refractivity (Wildman–Crippen MR) is 122 cm³/mol. The minimum atomic E-state index is -0.288. The van der Waals surface area contributed by atoms with Crippen molar-refractivity contribution in [3.63, 3.8) is 0 Å². The molecule has 1 saturated heterocycles. The average Bonchev–Trinajstić information content (AvgIpc) is 3.23. The highest BCUT2D eigenvalue weighted by atomic mass is 35.5. The summed E-state index contributed by atoms with van der Waals surface area (Å²) in [6.45, 7) is 3.29. The highest BCUT2D eigenvalue weighted by Gasteiger charge is 2.28. The number of thiophene rings is 1. The molecule has 0 saturated carbocycles. The molecule has 1 aromatic carbocycles. The second-order valence-corrected chi connectivity index (χ2v) is 9.27. The van der Waals surface area contributed by atoms with Crippen LogP contribution in [-0.2, 0) is 10.5 Å². The highest BCUT2D eigenvalue weighted by Crippen LogP contribution is 2.31. The lowest BCUT2D eigenvalue weighted by molar-refractivity contribution is 0.0915. The van der Waals surface area contributed by atoms with Gasteiger partial charge in [0.15, 0.2) is 5.16 Å². The molecule has 3 aromatic rings. The molecule has 1 aliphatic heterocycles. The van der Waals surface area contributed by atoms with Gasteiger partial charge in [0.2, 0.25) is 0 Å². The fourth-order valence-electron chi connectivity index (χ4n) is 3.61. The smallest absolute Gasteiger partial charge is 0.409 e. The van der Waals surface area contributed by atoms with Crippen molar-refractivity contribution in [2.75, 3.05) is 19.7 Å². The molecule has 0 N–H and O–H groups in total. The first-order valence-corrected chi connectivity index (χ1v) is 12.1. The quantitative estimate of drug-likeness (QED) is 0.384. The third kappa shape index (κ3) is 4.36. The first kappa shape index (κ1) is 21.2. The van der Waals surface area contributed by atoms with E-state index in [1.54, 1.807) is 11.8 Å². The minimum Gasteiger partial charge on any atom is -0.450 e. The van der Waals surface area contributed by atoms with Crippen LogP contribution in [0.4, 0.5) is 4.79 Å². The molecule has 3 heterocycles. The van der Waals surface area contributed by atoms with E-state index in [2.05, 4.69) is 0 Å². The first-order valence-electron chi connectivity index (χ1n) is 9.86. The molecule has 6 nitrogen and oxygen atoms in total. The number of rotatable bonds is 5. The average molecular weight is 464 g/mol. The number of likely N-dealkylation sites (tertiary alicyclic amines) is 1. The van der Waals surface area contributed by atoms with Crippen LogP contribution in [0.5, 0.6) is 0 Å². The van der Waals surface area contributed by atoms with Crippen molar-refractivity contribution in [1.29, 1.82) is 0 Å². The number of aromatic nitrogens is 2. The number of benzene rings is 1. The van der Waals surface area contributed by atoms with Crippen molar-refractivity contribution >= 4 is 51.0 Å². The molecule has 0 radical (unpaired) electrons. The van der Waals surface area contributed by atoms with E-state index < -0.39 is 0 Å². The van der Waals surface area contributed by atoms with Gasteiger partial charge in [0.1, 0.15) is 4.70 Å². The predicted octanol–water partition coefficient (Wildman–Crippen LogP) is 5.20. The molecular weight excluding hydrogens is 442 g/mol. The minimum absolute atomic E-state index is 0.00378. The van der Waals surface area contributed by atoms with Crippen molar-refractivity contribution in [2.24, 2.45) is 0 Å². The maximum atomic E-state index is 13.3. The summed E-state index contributed by atoms with van der Waals surface area (Å²) in [4.78, 5) is 31.8. The number of hydrogen-bond donors (Lipinski definition) is 0. The zero-order chi connectivity index (χ0) is 21.1. The van der Waals surface area contributed by atoms with Crippen molar-refractivity contribution in [1.82, 2.24) is 14.5 Å². The largest absolute Gasteiger partial charge is 0.450 e. The van der Waals surface area contributed by atoms with Gasteiger partial charge in [0.25, 0.3) is 5.56 Å². The van der Waals surface area contributed by atoms with Gasteiger partial charge in [0, 0.05) is 29.9 Å². The van der Waals surface area contributed by atoms with Crippen LogP contribution in [-0.4, -0.2) is 40.2 Å². The SMILES string of the molecule is CCOC(=O)N1CCC(n2c(SCc3ccccc3Cl)nc3ccsc3c2=O)CC1.